The fraction of sp³-hybridized carbons (Fsp3) is 0.429. The molecule has 0 aromatic rings. The molecule has 56 valence electrons. The van der Waals surface area contributed by atoms with Crippen LogP contribution in [0.25, 0.3) is 0 Å². The Hall–Kier alpha value is -0.510. The molecule has 2 nitrogen and oxygen atoms in total. The summed E-state index contributed by atoms with van der Waals surface area (Å²) >= 11 is 0. The van der Waals surface area contributed by atoms with Gasteiger partial charge in [-0.3, -0.25) is 0 Å². The van der Waals surface area contributed by atoms with Crippen molar-refractivity contribution in [3.05, 3.63) is 11.3 Å². The molecule has 0 amide bonds. The summed E-state index contributed by atoms with van der Waals surface area (Å²) in [5.74, 6) is 2.94. The molecule has 0 bridgehead atoms. The number of allylic oxidation sites excluding steroid dienone is 2. The van der Waals surface area contributed by atoms with Crippen LogP contribution in [-0.2, 0) is 4.52 Å². The topological polar surface area (TPSA) is 29.5 Å². The van der Waals surface area contributed by atoms with Crippen molar-refractivity contribution >= 4 is 7.72 Å². The van der Waals surface area contributed by atoms with Gasteiger partial charge in [-0.2, -0.15) is 0 Å². The Labute approximate surface area is 61.4 Å². The second-order valence-corrected chi connectivity index (χ2v) is 5.62. The Balaban J connectivity index is 2.81. The van der Waals surface area contributed by atoms with Gasteiger partial charge < -0.3 is 0 Å². The summed E-state index contributed by atoms with van der Waals surface area (Å²) in [7, 11) is -2.40. The van der Waals surface area contributed by atoms with E-state index in [2.05, 4.69) is 5.92 Å². The minimum absolute atomic E-state index is 0.539. The Morgan fingerprint density at radius 2 is 2.40 bits per heavy atom. The molecule has 0 aromatic heterocycles. The van der Waals surface area contributed by atoms with Gasteiger partial charge in [-0.25, -0.2) is 0 Å². The zero-order valence-electron chi connectivity index (χ0n) is 6.14. The molecule has 0 unspecified atom stereocenters. The Bertz CT molecular complexity index is 222. The van der Waals surface area contributed by atoms with E-state index in [-0.39, 0.29) is 0 Å². The Kier molecular flexibility index (Phi) is 1.72. The van der Waals surface area contributed by atoms with Crippen molar-refractivity contribution in [2.75, 3.05) is 12.8 Å². The van der Waals surface area contributed by atoms with Crippen molar-refractivity contribution in [1.82, 2.24) is 0 Å². The first-order chi connectivity index (χ1) is 4.55. The van der Waals surface area contributed by atoms with Crippen molar-refractivity contribution in [3.63, 3.8) is 0 Å². The first-order valence-electron chi connectivity index (χ1n) is 3.13. The van der Waals surface area contributed by atoms with Crippen LogP contribution in [0, 0.1) is 12.3 Å². The quantitative estimate of drug-likeness (QED) is 0.423. The fourth-order valence-electron chi connectivity index (χ4n) is 1.07. The van der Waals surface area contributed by atoms with Crippen molar-refractivity contribution in [3.8, 4) is 12.3 Å². The van der Waals surface area contributed by atoms with E-state index in [1.54, 1.807) is 6.66 Å². The van der Waals surface area contributed by atoms with E-state index in [0.29, 0.717) is 11.9 Å². The van der Waals surface area contributed by atoms with Gasteiger partial charge in [-0.1, -0.05) is 0 Å². The van der Waals surface area contributed by atoms with E-state index in [0.717, 1.165) is 5.57 Å². The monoisotopic (exact) mass is 158 g/mol. The van der Waals surface area contributed by atoms with Crippen LogP contribution in [0.1, 0.15) is 6.92 Å². The van der Waals surface area contributed by atoms with Gasteiger partial charge in [0.2, 0.25) is 0 Å². The van der Waals surface area contributed by atoms with Crippen LogP contribution in [-0.4, -0.2) is 17.7 Å². The molecule has 3 heteroatoms. The van der Waals surface area contributed by atoms with Crippen LogP contribution in [0.15, 0.2) is 11.3 Å². The van der Waals surface area contributed by atoms with E-state index in [1.807, 2.05) is 6.92 Å². The van der Waals surface area contributed by atoms with Crippen LogP contribution in [0.2, 0.25) is 0 Å². The van der Waals surface area contributed by atoms with Gasteiger partial charge in [0.15, 0.2) is 0 Å². The third kappa shape index (κ3) is 1.31. The van der Waals surface area contributed by atoms with Crippen molar-refractivity contribution in [2.24, 2.45) is 0 Å². The average molecular weight is 158 g/mol. The molecule has 1 aliphatic heterocycles. The maximum atomic E-state index is 9.45. The Morgan fingerprint density at radius 3 is 2.60 bits per heavy atom. The molecular weight excluding hydrogens is 147 g/mol. The summed E-state index contributed by atoms with van der Waals surface area (Å²) in [5, 5.41) is 0. The molecule has 0 spiro atoms. The standard InChI is InChI=1S/C7H11O2P/c1-4-7-6(2)5-10(3,8)9-7/h1,8,10H,5H2,2-3H3. The van der Waals surface area contributed by atoms with Crippen LogP contribution in [0.3, 0.4) is 0 Å². The van der Waals surface area contributed by atoms with Crippen LogP contribution in [0.5, 0.6) is 0 Å². The van der Waals surface area contributed by atoms with Crippen molar-refractivity contribution in [1.29, 1.82) is 0 Å². The molecule has 0 radical (unpaired) electrons. The van der Waals surface area contributed by atoms with Gasteiger partial charge in [0, 0.05) is 0 Å². The first kappa shape index (κ1) is 7.60. The summed E-state index contributed by atoms with van der Waals surface area (Å²) in [5.41, 5.74) is 0.999. The summed E-state index contributed by atoms with van der Waals surface area (Å²) in [4.78, 5) is 9.45. The number of hydrogen-bond donors (Lipinski definition) is 1. The zero-order valence-corrected chi connectivity index (χ0v) is 7.14. The maximum absolute atomic E-state index is 9.45. The number of hydrogen-bond acceptors (Lipinski definition) is 2. The fourth-order valence-corrected chi connectivity index (χ4v) is 2.96. The number of rotatable bonds is 0. The van der Waals surface area contributed by atoms with E-state index in [4.69, 9.17) is 10.9 Å². The van der Waals surface area contributed by atoms with E-state index >= 15 is 0 Å². The normalized spacial score (nSPS) is 25.4. The molecule has 0 aromatic carbocycles. The molecule has 1 aliphatic rings. The molecule has 0 saturated heterocycles. The third-order valence-corrected chi connectivity index (χ3v) is 3.26. The van der Waals surface area contributed by atoms with Crippen LogP contribution < -0.4 is 0 Å². The van der Waals surface area contributed by atoms with Crippen LogP contribution in [0.4, 0.5) is 0 Å². The van der Waals surface area contributed by atoms with Gasteiger partial charge in [-0.05, 0) is 0 Å². The van der Waals surface area contributed by atoms with Gasteiger partial charge in [0.1, 0.15) is 0 Å². The Morgan fingerprint density at radius 1 is 1.80 bits per heavy atom. The zero-order chi connectivity index (χ0) is 7.78. The van der Waals surface area contributed by atoms with E-state index in [1.165, 1.54) is 0 Å². The molecule has 0 fully saturated rings. The molecule has 1 rings (SSSR count). The van der Waals surface area contributed by atoms with Gasteiger partial charge >= 0.3 is 60.6 Å². The summed E-state index contributed by atoms with van der Waals surface area (Å²) in [6, 6.07) is 0. The second kappa shape index (κ2) is 2.27. The minimum atomic E-state index is -2.40. The predicted molar refractivity (Wildman–Crippen MR) is 43.9 cm³/mol. The predicted octanol–water partition coefficient (Wildman–Crippen LogP) is 1.13. The molecular formula is C7H11O2P. The van der Waals surface area contributed by atoms with Crippen LogP contribution >= 0.6 is 7.72 Å². The molecule has 0 aliphatic carbocycles. The summed E-state index contributed by atoms with van der Waals surface area (Å²) < 4.78 is 5.15. The SMILES string of the molecule is C#CC1=C(C)C[PH](C)(O)O1. The first-order valence-corrected chi connectivity index (χ1v) is 5.69. The third-order valence-electron chi connectivity index (χ3n) is 1.43. The molecule has 0 atom stereocenters. The van der Waals surface area contributed by atoms with Gasteiger partial charge in [0.05, 0.1) is 0 Å². The summed E-state index contributed by atoms with van der Waals surface area (Å²) in [6.07, 6.45) is 5.77. The molecule has 0 saturated carbocycles. The molecule has 1 heterocycles. The van der Waals surface area contributed by atoms with E-state index in [9.17, 15) is 4.89 Å². The molecule has 1 N–H and O–H groups in total. The van der Waals surface area contributed by atoms with Crippen molar-refractivity contribution < 1.29 is 9.42 Å². The van der Waals surface area contributed by atoms with Crippen molar-refractivity contribution in [2.45, 2.75) is 6.92 Å². The second-order valence-electron chi connectivity index (χ2n) is 2.71. The van der Waals surface area contributed by atoms with Gasteiger partial charge in [-0.15, -0.1) is 0 Å². The van der Waals surface area contributed by atoms with E-state index < -0.39 is 7.72 Å². The molecule has 10 heavy (non-hydrogen) atoms. The average Bonchev–Trinajstić information content (AvgIpc) is 2.05. The summed E-state index contributed by atoms with van der Waals surface area (Å²) in [6.45, 7) is 3.63. The van der Waals surface area contributed by atoms with Gasteiger partial charge in [0.25, 0.3) is 0 Å². The number of terminal acetylenes is 1.